The van der Waals surface area contributed by atoms with Crippen LogP contribution in [-0.4, -0.2) is 6.04 Å². The number of thiophene rings is 1. The third-order valence-corrected chi connectivity index (χ3v) is 12.9. The largest absolute Gasteiger partial charge is 0.454 e. The van der Waals surface area contributed by atoms with E-state index in [0.29, 0.717) is 0 Å². The molecule has 2 nitrogen and oxygen atoms in total. The standard InChI is InChI=1S/C52H33NOS/c1-2-12-32(13-3-1)34-22-23-36-29-39(26-24-35(36)28-34)53(45-30-37-15-5-7-17-40(37)48-43-20-10-11-21-46(43)54-51(45)48)50-41-18-8-6-16-38(41)31-47-49(50)44-27-25-33-14-4-9-19-42(33)52(44)55-47/h1-28,30-31,39H,29H2. The van der Waals surface area contributed by atoms with E-state index in [-0.39, 0.29) is 6.04 Å². The molecule has 11 aromatic rings. The lowest BCUT2D eigenvalue weighted by Gasteiger charge is -2.36. The fourth-order valence-electron chi connectivity index (χ4n) is 9.19. The van der Waals surface area contributed by atoms with Gasteiger partial charge in [-0.05, 0) is 79.9 Å². The molecule has 0 aliphatic heterocycles. The van der Waals surface area contributed by atoms with E-state index in [1.807, 2.05) is 11.3 Å². The molecule has 3 heteroatoms. The van der Waals surface area contributed by atoms with Gasteiger partial charge in [0, 0.05) is 36.3 Å². The van der Waals surface area contributed by atoms with Crippen LogP contribution in [0.25, 0.3) is 91.6 Å². The van der Waals surface area contributed by atoms with Gasteiger partial charge >= 0.3 is 0 Å². The third kappa shape index (κ3) is 4.67. The first-order valence-electron chi connectivity index (χ1n) is 19.0. The fourth-order valence-corrected chi connectivity index (χ4v) is 10.5. The van der Waals surface area contributed by atoms with Crippen LogP contribution in [0.15, 0.2) is 180 Å². The number of nitrogens with zero attached hydrogens (tertiary/aromatic N) is 1. The summed E-state index contributed by atoms with van der Waals surface area (Å²) in [7, 11) is 0. The zero-order valence-corrected chi connectivity index (χ0v) is 30.7. The Morgan fingerprint density at radius 2 is 1.24 bits per heavy atom. The molecule has 0 saturated heterocycles. The highest BCUT2D eigenvalue weighted by molar-refractivity contribution is 7.27. The van der Waals surface area contributed by atoms with Crippen LogP contribution in [0.2, 0.25) is 0 Å². The predicted molar refractivity (Wildman–Crippen MR) is 236 cm³/mol. The Kier molecular flexibility index (Phi) is 6.66. The van der Waals surface area contributed by atoms with Crippen LogP contribution in [0.5, 0.6) is 0 Å². The molecule has 0 radical (unpaired) electrons. The molecule has 12 rings (SSSR count). The van der Waals surface area contributed by atoms with Crippen LogP contribution in [0.3, 0.4) is 0 Å². The Morgan fingerprint density at radius 3 is 2.09 bits per heavy atom. The number of anilines is 2. The van der Waals surface area contributed by atoms with E-state index in [9.17, 15) is 0 Å². The minimum atomic E-state index is 0.0112. The highest BCUT2D eigenvalue weighted by Gasteiger charge is 2.31. The second-order valence-corrected chi connectivity index (χ2v) is 15.8. The monoisotopic (exact) mass is 719 g/mol. The van der Waals surface area contributed by atoms with Crippen molar-refractivity contribution in [1.82, 2.24) is 0 Å². The van der Waals surface area contributed by atoms with Crippen LogP contribution >= 0.6 is 11.3 Å². The molecule has 1 aliphatic carbocycles. The Labute approximate surface area is 321 Å². The molecule has 0 spiro atoms. The summed E-state index contributed by atoms with van der Waals surface area (Å²) >= 11 is 1.91. The summed E-state index contributed by atoms with van der Waals surface area (Å²) in [5.74, 6) is 0. The van der Waals surface area contributed by atoms with Crippen LogP contribution in [0.4, 0.5) is 11.4 Å². The van der Waals surface area contributed by atoms with Crippen LogP contribution in [0, 0.1) is 0 Å². The van der Waals surface area contributed by atoms with E-state index < -0.39 is 0 Å². The van der Waals surface area contributed by atoms with Crippen LogP contribution in [0.1, 0.15) is 11.1 Å². The fraction of sp³-hybridized carbons (Fsp3) is 0.0385. The second kappa shape index (κ2) is 11.9. The van der Waals surface area contributed by atoms with Gasteiger partial charge in [0.05, 0.1) is 17.4 Å². The van der Waals surface area contributed by atoms with Crippen molar-refractivity contribution < 1.29 is 4.42 Å². The summed E-state index contributed by atoms with van der Waals surface area (Å²) in [6.45, 7) is 0. The predicted octanol–water partition coefficient (Wildman–Crippen LogP) is 14.9. The second-order valence-electron chi connectivity index (χ2n) is 14.8. The van der Waals surface area contributed by atoms with Gasteiger partial charge < -0.3 is 9.32 Å². The zero-order valence-electron chi connectivity index (χ0n) is 29.9. The summed E-state index contributed by atoms with van der Waals surface area (Å²) < 4.78 is 9.63. The molecule has 2 heterocycles. The van der Waals surface area contributed by atoms with E-state index in [1.54, 1.807) is 0 Å². The van der Waals surface area contributed by atoms with Crippen molar-refractivity contribution in [2.24, 2.45) is 0 Å². The van der Waals surface area contributed by atoms with Gasteiger partial charge in [0.2, 0.25) is 0 Å². The smallest absolute Gasteiger partial charge is 0.159 e. The molecular weight excluding hydrogens is 687 g/mol. The van der Waals surface area contributed by atoms with Gasteiger partial charge in [0.1, 0.15) is 5.58 Å². The molecule has 55 heavy (non-hydrogen) atoms. The highest BCUT2D eigenvalue weighted by Crippen LogP contribution is 2.51. The van der Waals surface area contributed by atoms with E-state index in [0.717, 1.165) is 28.7 Å². The maximum absolute atomic E-state index is 7.01. The van der Waals surface area contributed by atoms with E-state index in [1.165, 1.54) is 85.8 Å². The minimum Gasteiger partial charge on any atom is -0.454 e. The molecule has 258 valence electrons. The summed E-state index contributed by atoms with van der Waals surface area (Å²) in [6, 6.07) is 62.1. The lowest BCUT2D eigenvalue weighted by molar-refractivity contribution is 0.664. The first-order valence-corrected chi connectivity index (χ1v) is 19.8. The van der Waals surface area contributed by atoms with Crippen molar-refractivity contribution >= 4 is 103 Å². The number of fused-ring (bicyclic) bond motifs is 12. The molecule has 1 aliphatic rings. The van der Waals surface area contributed by atoms with E-state index in [4.69, 9.17) is 4.42 Å². The molecular formula is C52H33NOS. The van der Waals surface area contributed by atoms with Crippen molar-refractivity contribution in [3.63, 3.8) is 0 Å². The molecule has 0 amide bonds. The van der Waals surface area contributed by atoms with Crippen molar-refractivity contribution in [3.05, 3.63) is 187 Å². The van der Waals surface area contributed by atoms with E-state index in [2.05, 4.69) is 187 Å². The summed E-state index contributed by atoms with van der Waals surface area (Å²) in [6.07, 6.45) is 5.63. The number of para-hydroxylation sites is 1. The molecule has 1 unspecified atom stereocenters. The summed E-state index contributed by atoms with van der Waals surface area (Å²) in [5.41, 5.74) is 9.24. The average Bonchev–Trinajstić information content (AvgIpc) is 3.83. The first-order chi connectivity index (χ1) is 27.3. The normalized spacial score (nSPS) is 14.2. The van der Waals surface area contributed by atoms with Crippen molar-refractivity contribution in [3.8, 4) is 11.1 Å². The molecule has 0 N–H and O–H groups in total. The first kappa shape index (κ1) is 30.7. The SMILES string of the molecule is C1=CC(N(c2cc3ccccc3c3c2oc2ccccc23)c2c3ccccc3cc3sc4c5ccccc5ccc4c23)Cc2ccc(-c3ccccc3)cc21. The Bertz CT molecular complexity index is 3370. The van der Waals surface area contributed by atoms with E-state index >= 15 is 0 Å². The Morgan fingerprint density at radius 1 is 0.527 bits per heavy atom. The van der Waals surface area contributed by atoms with Crippen molar-refractivity contribution in [2.45, 2.75) is 12.5 Å². The number of furan rings is 1. The molecule has 1 atom stereocenters. The number of hydrogen-bond donors (Lipinski definition) is 0. The van der Waals surface area contributed by atoms with Crippen molar-refractivity contribution in [1.29, 1.82) is 0 Å². The Balaban J connectivity index is 1.19. The molecule has 9 aromatic carbocycles. The van der Waals surface area contributed by atoms with Crippen molar-refractivity contribution in [2.75, 3.05) is 4.90 Å². The maximum Gasteiger partial charge on any atom is 0.159 e. The number of rotatable bonds is 4. The van der Waals surface area contributed by atoms with Crippen LogP contribution < -0.4 is 4.90 Å². The molecule has 0 fully saturated rings. The van der Waals surface area contributed by atoms with Gasteiger partial charge in [-0.15, -0.1) is 11.3 Å². The number of benzene rings is 9. The quantitative estimate of drug-likeness (QED) is 0.180. The molecule has 0 bridgehead atoms. The van der Waals surface area contributed by atoms with Gasteiger partial charge in [-0.3, -0.25) is 0 Å². The van der Waals surface area contributed by atoms with Gasteiger partial charge in [0.25, 0.3) is 0 Å². The van der Waals surface area contributed by atoms with Gasteiger partial charge in [-0.1, -0.05) is 158 Å². The minimum absolute atomic E-state index is 0.0112. The maximum atomic E-state index is 7.01. The van der Waals surface area contributed by atoms with Gasteiger partial charge in [0.15, 0.2) is 5.58 Å². The lowest BCUT2D eigenvalue weighted by atomic mass is 9.89. The number of hydrogen-bond acceptors (Lipinski definition) is 3. The highest BCUT2D eigenvalue weighted by atomic mass is 32.1. The molecule has 2 aromatic heterocycles. The summed E-state index contributed by atoms with van der Waals surface area (Å²) in [4.78, 5) is 2.63. The summed E-state index contributed by atoms with van der Waals surface area (Å²) in [5, 5.41) is 12.3. The van der Waals surface area contributed by atoms with Gasteiger partial charge in [-0.2, -0.15) is 0 Å². The molecule has 0 saturated carbocycles. The van der Waals surface area contributed by atoms with Gasteiger partial charge in [-0.25, -0.2) is 0 Å². The lowest BCUT2D eigenvalue weighted by Crippen LogP contribution is -2.33. The zero-order chi connectivity index (χ0) is 36.0. The Hall–Kier alpha value is -6.68. The third-order valence-electron chi connectivity index (χ3n) is 11.7. The topological polar surface area (TPSA) is 16.4 Å². The van der Waals surface area contributed by atoms with Crippen LogP contribution in [-0.2, 0) is 6.42 Å². The average molecular weight is 720 g/mol.